The van der Waals surface area contributed by atoms with Crippen LogP contribution in [0.3, 0.4) is 0 Å². The van der Waals surface area contributed by atoms with Gasteiger partial charge in [0.15, 0.2) is 0 Å². The molecule has 2 heterocycles. The molecule has 2 amide bonds. The minimum absolute atomic E-state index is 0.0609. The number of ether oxygens (including phenoxy) is 2. The van der Waals surface area contributed by atoms with E-state index in [9.17, 15) is 14.4 Å². The third kappa shape index (κ3) is 3.56. The van der Waals surface area contributed by atoms with Crippen LogP contribution in [0.25, 0.3) is 0 Å². The van der Waals surface area contributed by atoms with Crippen molar-refractivity contribution in [2.75, 3.05) is 38.3 Å². The van der Waals surface area contributed by atoms with Crippen LogP contribution in [-0.4, -0.2) is 56.1 Å². The summed E-state index contributed by atoms with van der Waals surface area (Å²) in [4.78, 5) is 40.0. The first kappa shape index (κ1) is 18.7. The fourth-order valence-electron chi connectivity index (χ4n) is 3.14. The lowest BCUT2D eigenvalue weighted by atomic mass is 10.1. The number of benzene rings is 1. The second-order valence-corrected chi connectivity index (χ2v) is 6.16. The molecule has 3 rings (SSSR count). The maximum atomic E-state index is 12.8. The topological polar surface area (TPSA) is 88.2 Å². The number of esters is 1. The third-order valence-electron chi connectivity index (χ3n) is 4.58. The zero-order chi connectivity index (χ0) is 19.6. The molecule has 1 aromatic rings. The van der Waals surface area contributed by atoms with Crippen LogP contribution in [0.5, 0.6) is 0 Å². The number of nitrogens with one attached hydrogen (secondary N) is 1. The van der Waals surface area contributed by atoms with Gasteiger partial charge in [-0.3, -0.25) is 14.5 Å². The van der Waals surface area contributed by atoms with Crippen LogP contribution in [0, 0.1) is 0 Å². The lowest BCUT2D eigenvalue weighted by molar-refractivity contribution is -0.137. The Morgan fingerprint density at radius 1 is 1.22 bits per heavy atom. The Hall–Kier alpha value is -3.13. The molecule has 0 aliphatic carbocycles. The number of morpholine rings is 1. The molecular weight excluding hydrogens is 350 g/mol. The zero-order valence-corrected chi connectivity index (χ0v) is 15.1. The van der Waals surface area contributed by atoms with E-state index in [1.807, 2.05) is 12.1 Å². The van der Waals surface area contributed by atoms with Crippen molar-refractivity contribution in [2.45, 2.75) is 6.54 Å². The van der Waals surface area contributed by atoms with Crippen molar-refractivity contribution in [1.82, 2.24) is 10.2 Å². The number of fused-ring (bicyclic) bond motifs is 1. The molecule has 0 spiro atoms. The summed E-state index contributed by atoms with van der Waals surface area (Å²) in [6.07, 6.45) is 0. The molecule has 1 N–H and O–H groups in total. The number of methoxy groups -OCH3 is 1. The highest BCUT2D eigenvalue weighted by molar-refractivity contribution is 6.07. The monoisotopic (exact) mass is 371 g/mol. The number of hydrogen-bond acceptors (Lipinski definition) is 6. The van der Waals surface area contributed by atoms with E-state index in [1.165, 1.54) is 12.0 Å². The molecule has 142 valence electrons. The fourth-order valence-corrected chi connectivity index (χ4v) is 3.14. The second kappa shape index (κ2) is 7.63. The normalized spacial score (nSPS) is 16.0. The molecule has 0 aromatic heterocycles. The van der Waals surface area contributed by atoms with Crippen molar-refractivity contribution in [3.05, 3.63) is 53.9 Å². The highest BCUT2D eigenvalue weighted by Gasteiger charge is 2.34. The molecule has 27 heavy (non-hydrogen) atoms. The van der Waals surface area contributed by atoms with Crippen molar-refractivity contribution >= 4 is 23.5 Å². The summed E-state index contributed by atoms with van der Waals surface area (Å²) in [5.74, 6) is -1.75. The number of carbonyl (C=O) groups is 3. The van der Waals surface area contributed by atoms with Gasteiger partial charge >= 0.3 is 5.97 Å². The molecule has 0 saturated carbocycles. The summed E-state index contributed by atoms with van der Waals surface area (Å²) in [5.41, 5.74) is 2.07. The molecule has 2 aliphatic heterocycles. The molecule has 1 fully saturated rings. The Morgan fingerprint density at radius 3 is 2.59 bits per heavy atom. The number of anilines is 1. The summed E-state index contributed by atoms with van der Waals surface area (Å²) in [6, 6.07) is 5.52. The largest absolute Gasteiger partial charge is 0.464 e. The average molecular weight is 371 g/mol. The lowest BCUT2D eigenvalue weighted by Gasteiger charge is -2.30. The SMILES string of the molecule is C=C(NC(=O)C(=C)N1Cc2c(cccc2N2CCOCC2)C1=O)C(=O)OC. The maximum Gasteiger partial charge on any atom is 0.353 e. The number of hydrogen-bond donors (Lipinski definition) is 1. The molecule has 0 atom stereocenters. The van der Waals surface area contributed by atoms with E-state index < -0.39 is 11.9 Å². The predicted octanol–water partition coefficient (Wildman–Crippen LogP) is 0.796. The molecule has 1 aromatic carbocycles. The molecule has 1 saturated heterocycles. The minimum Gasteiger partial charge on any atom is -0.464 e. The lowest BCUT2D eigenvalue weighted by Crippen LogP contribution is -2.37. The van der Waals surface area contributed by atoms with Crippen LogP contribution in [0.1, 0.15) is 15.9 Å². The van der Waals surface area contributed by atoms with Crippen LogP contribution in [-0.2, 0) is 25.6 Å². The molecule has 2 aliphatic rings. The predicted molar refractivity (Wildman–Crippen MR) is 97.8 cm³/mol. The number of carbonyl (C=O) groups excluding carboxylic acids is 3. The number of rotatable bonds is 5. The van der Waals surface area contributed by atoms with E-state index >= 15 is 0 Å². The zero-order valence-electron chi connectivity index (χ0n) is 15.1. The van der Waals surface area contributed by atoms with Crippen LogP contribution >= 0.6 is 0 Å². The van der Waals surface area contributed by atoms with Crippen LogP contribution in [0.4, 0.5) is 5.69 Å². The van der Waals surface area contributed by atoms with Crippen molar-refractivity contribution in [3.63, 3.8) is 0 Å². The number of amides is 2. The molecule has 8 heteroatoms. The summed E-state index contributed by atoms with van der Waals surface area (Å²) < 4.78 is 9.88. The van der Waals surface area contributed by atoms with Crippen molar-refractivity contribution in [1.29, 1.82) is 0 Å². The Morgan fingerprint density at radius 2 is 1.93 bits per heavy atom. The summed E-state index contributed by atoms with van der Waals surface area (Å²) in [7, 11) is 1.18. The molecule has 0 bridgehead atoms. The molecule has 0 radical (unpaired) electrons. The van der Waals surface area contributed by atoms with E-state index in [-0.39, 0.29) is 23.8 Å². The Labute approximate surface area is 157 Å². The van der Waals surface area contributed by atoms with Gasteiger partial charge in [-0.1, -0.05) is 19.2 Å². The second-order valence-electron chi connectivity index (χ2n) is 6.16. The summed E-state index contributed by atoms with van der Waals surface area (Å²) >= 11 is 0. The Kier molecular flexibility index (Phi) is 5.27. The van der Waals surface area contributed by atoms with Gasteiger partial charge in [0.1, 0.15) is 11.4 Å². The van der Waals surface area contributed by atoms with Gasteiger partial charge in [-0.15, -0.1) is 0 Å². The van der Waals surface area contributed by atoms with Crippen LogP contribution in [0.15, 0.2) is 42.8 Å². The van der Waals surface area contributed by atoms with Gasteiger partial charge in [0, 0.05) is 29.9 Å². The first-order valence-corrected chi connectivity index (χ1v) is 8.48. The fraction of sp³-hybridized carbons (Fsp3) is 0.316. The van der Waals surface area contributed by atoms with E-state index in [0.29, 0.717) is 18.8 Å². The summed E-state index contributed by atoms with van der Waals surface area (Å²) in [5, 5.41) is 2.30. The smallest absolute Gasteiger partial charge is 0.353 e. The molecule has 0 unspecified atom stereocenters. The highest BCUT2D eigenvalue weighted by atomic mass is 16.5. The van der Waals surface area contributed by atoms with Gasteiger partial charge in [0.05, 0.1) is 26.9 Å². The van der Waals surface area contributed by atoms with Crippen molar-refractivity contribution in [3.8, 4) is 0 Å². The highest BCUT2D eigenvalue weighted by Crippen LogP contribution is 2.33. The van der Waals surface area contributed by atoms with E-state index in [4.69, 9.17) is 4.74 Å². The van der Waals surface area contributed by atoms with Gasteiger partial charge in [0.25, 0.3) is 11.8 Å². The Balaban J connectivity index is 1.78. The van der Waals surface area contributed by atoms with Gasteiger partial charge in [-0.05, 0) is 12.1 Å². The first-order valence-electron chi connectivity index (χ1n) is 8.48. The summed E-state index contributed by atoms with van der Waals surface area (Å²) in [6.45, 7) is 10.1. The van der Waals surface area contributed by atoms with Crippen molar-refractivity contribution in [2.24, 2.45) is 0 Å². The first-order chi connectivity index (χ1) is 12.9. The van der Waals surface area contributed by atoms with Crippen LogP contribution < -0.4 is 10.2 Å². The van der Waals surface area contributed by atoms with E-state index in [2.05, 4.69) is 28.1 Å². The van der Waals surface area contributed by atoms with Crippen LogP contribution in [0.2, 0.25) is 0 Å². The minimum atomic E-state index is -0.762. The third-order valence-corrected chi connectivity index (χ3v) is 4.58. The van der Waals surface area contributed by atoms with Gasteiger partial charge in [0.2, 0.25) is 0 Å². The van der Waals surface area contributed by atoms with Gasteiger partial charge in [-0.2, -0.15) is 0 Å². The van der Waals surface area contributed by atoms with E-state index in [0.717, 1.165) is 24.3 Å². The Bertz CT molecular complexity index is 827. The molecular formula is C19H21N3O5. The van der Waals surface area contributed by atoms with E-state index in [1.54, 1.807) is 6.07 Å². The standard InChI is InChI=1S/C19H21N3O5/c1-12(19(25)26-3)20-17(23)13(2)22-11-15-14(18(22)24)5-4-6-16(15)21-7-9-27-10-8-21/h4-6H,1-2,7-11H2,3H3,(H,20,23). The average Bonchev–Trinajstić information content (AvgIpc) is 3.04. The van der Waals surface area contributed by atoms with Gasteiger partial charge in [-0.25, -0.2) is 4.79 Å². The quantitative estimate of drug-likeness (QED) is 0.608. The molecule has 8 nitrogen and oxygen atoms in total. The van der Waals surface area contributed by atoms with Gasteiger partial charge < -0.3 is 19.7 Å². The number of nitrogens with zero attached hydrogens (tertiary/aromatic N) is 2. The maximum absolute atomic E-state index is 12.8. The van der Waals surface area contributed by atoms with Crippen molar-refractivity contribution < 1.29 is 23.9 Å².